The maximum Gasteiger partial charge on any atom is 1.00 e. The smallest absolute Gasteiger partial charge is 1.00 e. The number of ether oxygens (including phenoxy) is 2. The Balaban J connectivity index is 0.00000177. The molecule has 0 atom stereocenters. The molecule has 0 bridgehead atoms. The molecule has 20 nitrogen and oxygen atoms in total. The Labute approximate surface area is 981 Å². The Morgan fingerprint density at radius 2 is 0.725 bits per heavy atom. The Morgan fingerprint density at radius 1 is 0.483 bits per heavy atom. The van der Waals surface area contributed by atoms with Crippen molar-refractivity contribution in [3.63, 3.8) is 0 Å². The molecular formula is C117H141Br4Cl3F2N8Na2O12S. The second-order valence-corrected chi connectivity index (χ2v) is 39.5. The van der Waals surface area contributed by atoms with Crippen molar-refractivity contribution in [2.75, 3.05) is 123 Å². The summed E-state index contributed by atoms with van der Waals surface area (Å²) >= 11 is 12.8. The van der Waals surface area contributed by atoms with Crippen LogP contribution in [0.5, 0.6) is 0 Å². The van der Waals surface area contributed by atoms with Gasteiger partial charge in [0.1, 0.15) is 49.9 Å². The predicted molar refractivity (Wildman–Crippen MR) is 596 cm³/mol. The van der Waals surface area contributed by atoms with Crippen molar-refractivity contribution in [1.29, 1.82) is 0 Å². The van der Waals surface area contributed by atoms with E-state index in [1.807, 2.05) is 270 Å². The number of likely N-dealkylation sites (tertiary alicyclic amines) is 1. The monoisotopic (exact) mass is 2390 g/mol. The number of likely N-dealkylation sites (N-methyl/N-ethyl adjacent to an activating group) is 1. The first-order valence-corrected chi connectivity index (χ1v) is 53.6. The minimum atomic E-state index is -1.67. The van der Waals surface area contributed by atoms with Gasteiger partial charge in [0.25, 0.3) is 6.47 Å². The molecule has 0 aliphatic carbocycles. The summed E-state index contributed by atoms with van der Waals surface area (Å²) < 4.78 is 25.3. The van der Waals surface area contributed by atoms with Gasteiger partial charge < -0.3 is 90.3 Å². The van der Waals surface area contributed by atoms with Gasteiger partial charge in [-0.1, -0.05) is 385 Å². The number of carboxylic acids is 1. The molecule has 0 saturated carbocycles. The molecule has 3 N–H and O–H groups in total. The quantitative estimate of drug-likeness (QED) is 0.00827. The van der Waals surface area contributed by atoms with Crippen LogP contribution >= 0.6 is 64.8 Å². The molecule has 16 rings (SSSR count). The van der Waals surface area contributed by atoms with Crippen LogP contribution in [-0.2, 0) is 79.4 Å². The molecule has 4 saturated heterocycles. The summed E-state index contributed by atoms with van der Waals surface area (Å²) in [5, 5.41) is 25.3. The van der Waals surface area contributed by atoms with Gasteiger partial charge in [-0.15, -0.1) is 0 Å². The summed E-state index contributed by atoms with van der Waals surface area (Å²) in [6.07, 6.45) is 8.79. The third-order valence-electron chi connectivity index (χ3n) is 25.7. The number of benzene rings is 12. The molecule has 0 radical (unpaired) electrons. The zero-order valence-electron chi connectivity index (χ0n) is 88.0. The van der Waals surface area contributed by atoms with E-state index < -0.39 is 31.4 Å². The minimum absolute atomic E-state index is 0. The van der Waals surface area contributed by atoms with E-state index in [4.69, 9.17) is 35.3 Å². The normalized spacial score (nSPS) is 13.5. The first-order valence-electron chi connectivity index (χ1n) is 48.2. The standard InChI is InChI=1S/C32H39N3O2.2C18H20NO.C16H14BrClO.C16H15BrO2.C14H20N2O.C2H7N.CH2O3.2BrH.Cl2OS.2FH.2Na.H2.H/c1-4-30(36)35(28-18-12-7-13-19-28)29-20-23-34(24-21-29)25-22-32(31(37)33(2)3,26-14-8-5-9-15-26)27-16-10-6-11-17-27;2*1-19(2)17-18(13-14-20-17,15-9-5-3-6-10-15)16-11-7-4-8-12-16;2*17-12-11-16(15(18)19,13-7-3-1-4-8-13)14-9-5-2-6-10-14;1-2-14(17)16(12-6-4-3-5-7-12)13-8-10-15-11-9-13;1-3-2;2-1-4-3;;;1-4(2)3;;;;;;/h5-19,29H,4,20-25H2,1-3H3;2*3-12H,13-14H2,1-2H3;1-10H,11-12H2;1-10H,11-12H2,(H,18,19);3-7,13,15H,2,8-11H2,1H3;3H,1-2H3;1,3H;2*1H;;2*1H;;;1H;/q;2*+1;;;;;;;;;;;2*+1;;-1/p-3/i;;;;;;;;;;;;;;;1+1;. The van der Waals surface area contributed by atoms with Gasteiger partial charge in [-0.05, 0) is 170 Å². The third kappa shape index (κ3) is 37.6. The fourth-order valence-corrected chi connectivity index (χ4v) is 20.7. The van der Waals surface area contributed by atoms with Gasteiger partial charge in [0, 0.05) is 110 Å². The van der Waals surface area contributed by atoms with Crippen molar-refractivity contribution in [1.82, 2.24) is 20.4 Å². The van der Waals surface area contributed by atoms with Crippen LogP contribution in [0.3, 0.4) is 0 Å². The number of nitrogens with one attached hydrogen (secondary N) is 2. The molecule has 12 aromatic rings. The van der Waals surface area contributed by atoms with E-state index in [0.29, 0.717) is 48.8 Å². The zero-order chi connectivity index (χ0) is 103. The first kappa shape index (κ1) is 136. The number of anilines is 2. The fraction of sp³-hybridized carbons (Fsp3) is 0.316. The second-order valence-electron chi connectivity index (χ2n) is 35.0. The van der Waals surface area contributed by atoms with Crippen LogP contribution in [0.25, 0.3) is 0 Å². The number of aliphatic carboxylic acids is 1. The summed E-state index contributed by atoms with van der Waals surface area (Å²) in [6.45, 7) is 9.83. The molecule has 3 amide bonds. The van der Waals surface area contributed by atoms with E-state index in [-0.39, 0.29) is 152 Å². The molecule has 4 aliphatic heterocycles. The largest absolute Gasteiger partial charge is 1.00 e. The summed E-state index contributed by atoms with van der Waals surface area (Å²) in [5.74, 6) is 1.76. The number of amides is 3. The number of halogens is 9. The molecule has 4 aliphatic rings. The van der Waals surface area contributed by atoms with E-state index in [9.17, 15) is 29.1 Å². The first-order chi connectivity index (χ1) is 69.3. The van der Waals surface area contributed by atoms with Crippen LogP contribution in [0, 0.1) is 0 Å². The predicted octanol–water partition coefficient (Wildman–Crippen LogP) is 10.0. The number of para-hydroxylation sites is 2. The number of carbonyl (C=O) groups is 6. The van der Waals surface area contributed by atoms with Crippen LogP contribution in [0.2, 0.25) is 0 Å². The molecule has 4 heterocycles. The van der Waals surface area contributed by atoms with Crippen LogP contribution in [0.4, 0.5) is 20.8 Å². The number of piperidine rings is 2. The minimum Gasteiger partial charge on any atom is -1.00 e. The van der Waals surface area contributed by atoms with E-state index >= 15 is 0 Å². The molecule has 12 aromatic carbocycles. The average molecular weight is 2390 g/mol. The fourth-order valence-electron chi connectivity index (χ4n) is 19.2. The van der Waals surface area contributed by atoms with Gasteiger partial charge in [-0.2, -0.15) is 0 Å². The summed E-state index contributed by atoms with van der Waals surface area (Å²) in [5.41, 5.74) is 9.90. The average Bonchev–Trinajstić information content (AvgIpc) is 1.66. The van der Waals surface area contributed by atoms with Crippen molar-refractivity contribution < 1.29 is 172 Å². The van der Waals surface area contributed by atoms with E-state index in [1.54, 1.807) is 4.90 Å². The number of alkyl halides is 2. The summed E-state index contributed by atoms with van der Waals surface area (Å²) in [6, 6.07) is 122. The van der Waals surface area contributed by atoms with Gasteiger partial charge in [-0.25, -0.2) is 13.4 Å². The van der Waals surface area contributed by atoms with Crippen molar-refractivity contribution in [3.05, 3.63) is 420 Å². The maximum absolute atomic E-state index is 13.9. The van der Waals surface area contributed by atoms with Crippen LogP contribution in [0.1, 0.15) is 143 Å². The van der Waals surface area contributed by atoms with Crippen LogP contribution in [-0.4, -0.2) is 201 Å². The van der Waals surface area contributed by atoms with Gasteiger partial charge in [0.05, 0.1) is 18.6 Å². The van der Waals surface area contributed by atoms with Gasteiger partial charge in [0.15, 0.2) is 0 Å². The topological polar surface area (TPSA) is 234 Å². The number of hydrogen-bond donors (Lipinski definition) is 3. The maximum atomic E-state index is 13.9. The summed E-state index contributed by atoms with van der Waals surface area (Å²) in [4.78, 5) is 82.5. The molecule has 792 valence electrons. The number of rotatable bonds is 27. The van der Waals surface area contributed by atoms with Gasteiger partial charge >= 0.3 is 76.9 Å². The second kappa shape index (κ2) is 72.8. The molecule has 0 spiro atoms. The summed E-state index contributed by atoms with van der Waals surface area (Å²) in [7, 11) is 23.0. The number of carboxylic acid groups (broad SMARTS) is 1. The van der Waals surface area contributed by atoms with Gasteiger partial charge in [0.2, 0.25) is 32.2 Å². The Hall–Kier alpha value is -8.76. The van der Waals surface area contributed by atoms with Crippen LogP contribution < -0.4 is 119 Å². The molecule has 0 aromatic heterocycles. The number of hydrogen-bond acceptors (Lipinski definition) is 14. The Kier molecular flexibility index (Phi) is 66.6. The number of carbonyl (C=O) groups excluding carboxylic acids is 5. The van der Waals surface area contributed by atoms with E-state index in [2.05, 4.69) is 257 Å². The van der Waals surface area contributed by atoms with Crippen molar-refractivity contribution in [3.8, 4) is 0 Å². The molecule has 4 fully saturated rings. The molecule has 149 heavy (non-hydrogen) atoms. The molecule has 0 unspecified atom stereocenters. The molecule has 32 heteroatoms. The Morgan fingerprint density at radius 3 is 0.960 bits per heavy atom. The third-order valence-corrected chi connectivity index (χ3v) is 26.8. The SMILES string of the molecule is CCC(=O)N(c1ccccc1)C1CCN(CCC(C(=O)N(C)C)(c2ccccc2)c2ccccc2)CC1.CCC(=O)N(c1ccccc1)C1CCNCC1.CNC.C[N+](C)=C1OCCC1(c1ccccc1)c1ccccc1.C[N+](C)=C1OCCC1(c1ccccc1)c1ccccc1.F.F.O=C(Cl)C(CCBr)(c1ccccc1)c1ccccc1.O=C(O)C(CCBr)(c1ccccc1)c1ccccc1.O=CO[O-].O=S(Cl)Cl.[2HH].[Br-].[Br-].[H-].[Na+].[Na+]. The number of nitrogens with zero attached hydrogens (tertiary/aromatic N) is 6. The van der Waals surface area contributed by atoms with Gasteiger partial charge in [-0.3, -0.25) is 38.2 Å². The zero-order valence-corrected chi connectivity index (χ0v) is 100. The van der Waals surface area contributed by atoms with Crippen molar-refractivity contribution in [2.45, 2.75) is 124 Å². The van der Waals surface area contributed by atoms with Crippen molar-refractivity contribution in [2.24, 2.45) is 0 Å². The van der Waals surface area contributed by atoms with Crippen LogP contribution in [0.15, 0.2) is 364 Å². The van der Waals surface area contributed by atoms with E-state index in [0.717, 1.165) is 141 Å². The Bertz CT molecular complexity index is 5460. The molecular weight excluding hydrogens is 2250 g/mol. The van der Waals surface area contributed by atoms with E-state index in [1.165, 1.54) is 22.3 Å². The van der Waals surface area contributed by atoms with Crippen molar-refractivity contribution >= 4 is 133 Å².